The van der Waals surface area contributed by atoms with Gasteiger partial charge in [-0.2, -0.15) is 8.78 Å². The molecular weight excluding hydrogens is 370 g/mol. The Morgan fingerprint density at radius 1 is 1.04 bits per heavy atom. The Morgan fingerprint density at radius 2 is 1.71 bits per heavy atom. The maximum absolute atomic E-state index is 12.4. The summed E-state index contributed by atoms with van der Waals surface area (Å²) in [4.78, 5) is 13.1. The molecule has 2 aromatic rings. The zero-order valence-electron chi connectivity index (χ0n) is 16.1. The number of nitrogens with one attached hydrogen (secondary N) is 2. The fourth-order valence-electron chi connectivity index (χ4n) is 2.71. The minimum Gasteiger partial charge on any atom is -0.497 e. The van der Waals surface area contributed by atoms with E-state index in [1.165, 1.54) is 13.2 Å². The second kappa shape index (κ2) is 10.5. The van der Waals surface area contributed by atoms with Gasteiger partial charge in [0.2, 0.25) is 0 Å². The number of halogens is 2. The average molecular weight is 395 g/mol. The van der Waals surface area contributed by atoms with Crippen molar-refractivity contribution in [3.8, 4) is 17.2 Å². The van der Waals surface area contributed by atoms with Crippen molar-refractivity contribution in [3.05, 3.63) is 53.6 Å². The van der Waals surface area contributed by atoms with Crippen LogP contribution in [0.25, 0.3) is 0 Å². The molecule has 2 N–H and O–H groups in total. The molecule has 0 aromatic heterocycles. The van der Waals surface area contributed by atoms with Gasteiger partial charge in [0.1, 0.15) is 12.3 Å². The van der Waals surface area contributed by atoms with Gasteiger partial charge in [-0.1, -0.05) is 12.1 Å². The SMILES string of the molecule is COc1ccc(CNC(=O)C[NH+](C)Cc2ccc(OC(F)F)c(OC)c2)cc1. The summed E-state index contributed by atoms with van der Waals surface area (Å²) in [5, 5.41) is 2.88. The lowest BCUT2D eigenvalue weighted by atomic mass is 10.2. The molecule has 0 spiro atoms. The highest BCUT2D eigenvalue weighted by molar-refractivity contribution is 5.76. The van der Waals surface area contributed by atoms with Crippen LogP contribution in [0.4, 0.5) is 8.78 Å². The van der Waals surface area contributed by atoms with E-state index < -0.39 is 6.61 Å². The van der Waals surface area contributed by atoms with Crippen LogP contribution in [-0.2, 0) is 17.9 Å². The summed E-state index contributed by atoms with van der Waals surface area (Å²) in [5.41, 5.74) is 1.82. The van der Waals surface area contributed by atoms with Crippen LogP contribution in [0.15, 0.2) is 42.5 Å². The van der Waals surface area contributed by atoms with E-state index in [9.17, 15) is 13.6 Å². The number of carbonyl (C=O) groups is 1. The Kier molecular flexibility index (Phi) is 8.01. The van der Waals surface area contributed by atoms with E-state index in [1.807, 2.05) is 31.3 Å². The van der Waals surface area contributed by atoms with Crippen molar-refractivity contribution in [2.45, 2.75) is 19.7 Å². The average Bonchev–Trinajstić information content (AvgIpc) is 2.67. The van der Waals surface area contributed by atoms with Crippen molar-refractivity contribution in [1.29, 1.82) is 0 Å². The third-order valence-corrected chi connectivity index (χ3v) is 4.06. The number of ether oxygens (including phenoxy) is 3. The van der Waals surface area contributed by atoms with Gasteiger partial charge in [0.05, 0.1) is 21.3 Å². The molecule has 0 saturated heterocycles. The molecule has 2 rings (SSSR count). The molecule has 0 heterocycles. The van der Waals surface area contributed by atoms with E-state index in [2.05, 4.69) is 10.1 Å². The van der Waals surface area contributed by atoms with E-state index in [0.29, 0.717) is 13.1 Å². The van der Waals surface area contributed by atoms with Gasteiger partial charge in [0, 0.05) is 12.1 Å². The molecule has 0 saturated carbocycles. The Bertz CT molecular complexity index is 769. The lowest BCUT2D eigenvalue weighted by Gasteiger charge is -2.16. The van der Waals surface area contributed by atoms with Gasteiger partial charge in [-0.05, 0) is 35.9 Å². The van der Waals surface area contributed by atoms with Crippen molar-refractivity contribution in [3.63, 3.8) is 0 Å². The summed E-state index contributed by atoms with van der Waals surface area (Å²) in [6.07, 6.45) is 0. The standard InChI is InChI=1S/C20H24F2N2O4/c1-24(12-15-6-9-17(28-20(21)22)18(10-15)27-3)13-19(25)23-11-14-4-7-16(26-2)8-5-14/h4-10,20H,11-13H2,1-3H3,(H,23,25)/p+1. The van der Waals surface area contributed by atoms with Crippen LogP contribution in [0, 0.1) is 0 Å². The minimum absolute atomic E-state index is 0.0175. The van der Waals surface area contributed by atoms with Crippen molar-refractivity contribution >= 4 is 5.91 Å². The summed E-state index contributed by atoms with van der Waals surface area (Å²) >= 11 is 0. The molecule has 1 unspecified atom stereocenters. The van der Waals surface area contributed by atoms with Gasteiger partial charge in [-0.3, -0.25) is 4.79 Å². The van der Waals surface area contributed by atoms with E-state index in [-0.39, 0.29) is 24.0 Å². The second-order valence-corrected chi connectivity index (χ2v) is 6.30. The maximum Gasteiger partial charge on any atom is 0.387 e. The largest absolute Gasteiger partial charge is 0.497 e. The molecule has 28 heavy (non-hydrogen) atoms. The molecule has 0 radical (unpaired) electrons. The van der Waals surface area contributed by atoms with Crippen molar-refractivity contribution < 1.29 is 32.7 Å². The number of quaternary nitrogens is 1. The predicted octanol–water partition coefficient (Wildman–Crippen LogP) is 1.64. The summed E-state index contributed by atoms with van der Waals surface area (Å²) < 4.78 is 39.4. The predicted molar refractivity (Wildman–Crippen MR) is 99.9 cm³/mol. The highest BCUT2D eigenvalue weighted by Crippen LogP contribution is 2.29. The Hall–Kier alpha value is -2.87. The summed E-state index contributed by atoms with van der Waals surface area (Å²) in [6, 6.07) is 12.2. The number of rotatable bonds is 10. The Balaban J connectivity index is 1.84. The number of alkyl halides is 2. The quantitative estimate of drug-likeness (QED) is 0.642. The molecule has 0 aliphatic heterocycles. The van der Waals surface area contributed by atoms with Gasteiger partial charge in [0.15, 0.2) is 18.0 Å². The van der Waals surface area contributed by atoms with Gasteiger partial charge in [0.25, 0.3) is 5.91 Å². The summed E-state index contributed by atoms with van der Waals surface area (Å²) in [7, 11) is 4.87. The smallest absolute Gasteiger partial charge is 0.387 e. The first-order valence-electron chi connectivity index (χ1n) is 8.74. The van der Waals surface area contributed by atoms with Crippen molar-refractivity contribution in [2.75, 3.05) is 27.8 Å². The molecule has 2 aromatic carbocycles. The maximum atomic E-state index is 12.4. The van der Waals surface area contributed by atoms with Crippen LogP contribution in [0.1, 0.15) is 11.1 Å². The Labute approximate surface area is 163 Å². The monoisotopic (exact) mass is 395 g/mol. The van der Waals surface area contributed by atoms with Crippen LogP contribution in [-0.4, -0.2) is 40.3 Å². The van der Waals surface area contributed by atoms with Gasteiger partial charge >= 0.3 is 6.61 Å². The lowest BCUT2D eigenvalue weighted by Crippen LogP contribution is -3.08. The fraction of sp³-hybridized carbons (Fsp3) is 0.350. The van der Waals surface area contributed by atoms with Crippen LogP contribution in [0.5, 0.6) is 17.2 Å². The van der Waals surface area contributed by atoms with E-state index in [0.717, 1.165) is 21.8 Å². The first kappa shape index (κ1) is 21.4. The fourth-order valence-corrected chi connectivity index (χ4v) is 2.71. The zero-order valence-corrected chi connectivity index (χ0v) is 16.1. The minimum atomic E-state index is -2.91. The third kappa shape index (κ3) is 6.70. The molecule has 6 nitrogen and oxygen atoms in total. The number of carbonyl (C=O) groups excluding carboxylic acids is 1. The molecule has 1 amide bonds. The van der Waals surface area contributed by atoms with E-state index >= 15 is 0 Å². The van der Waals surface area contributed by atoms with E-state index in [4.69, 9.17) is 9.47 Å². The first-order chi connectivity index (χ1) is 13.4. The molecule has 0 aliphatic rings. The number of methoxy groups -OCH3 is 2. The normalized spacial score (nSPS) is 11.8. The summed E-state index contributed by atoms with van der Waals surface area (Å²) in [6.45, 7) is -1.68. The topological polar surface area (TPSA) is 61.2 Å². The lowest BCUT2D eigenvalue weighted by molar-refractivity contribution is -0.885. The number of benzene rings is 2. The van der Waals surface area contributed by atoms with Crippen molar-refractivity contribution in [2.24, 2.45) is 0 Å². The first-order valence-corrected chi connectivity index (χ1v) is 8.74. The van der Waals surface area contributed by atoms with E-state index in [1.54, 1.807) is 19.2 Å². The van der Waals surface area contributed by atoms with Crippen LogP contribution in [0.2, 0.25) is 0 Å². The highest BCUT2D eigenvalue weighted by Gasteiger charge is 2.14. The highest BCUT2D eigenvalue weighted by atomic mass is 19.3. The molecule has 8 heteroatoms. The van der Waals surface area contributed by atoms with Gasteiger partial charge in [-0.15, -0.1) is 0 Å². The molecule has 1 atom stereocenters. The number of amides is 1. The number of likely N-dealkylation sites (N-methyl/N-ethyl adjacent to an activating group) is 1. The Morgan fingerprint density at radius 3 is 2.32 bits per heavy atom. The van der Waals surface area contributed by atoms with Crippen LogP contribution < -0.4 is 24.4 Å². The molecule has 0 fully saturated rings. The summed E-state index contributed by atoms with van der Waals surface area (Å²) in [5.74, 6) is 0.892. The molecule has 0 bridgehead atoms. The van der Waals surface area contributed by atoms with Crippen LogP contribution in [0.3, 0.4) is 0 Å². The third-order valence-electron chi connectivity index (χ3n) is 4.06. The van der Waals surface area contributed by atoms with Crippen molar-refractivity contribution in [1.82, 2.24) is 5.32 Å². The number of hydrogen-bond donors (Lipinski definition) is 2. The number of hydrogen-bond acceptors (Lipinski definition) is 4. The van der Waals surface area contributed by atoms with Gasteiger partial charge < -0.3 is 24.4 Å². The van der Waals surface area contributed by atoms with Gasteiger partial charge in [-0.25, -0.2) is 0 Å². The molecule has 0 aliphatic carbocycles. The molecule has 152 valence electrons. The zero-order chi connectivity index (χ0) is 20.5. The van der Waals surface area contributed by atoms with Crippen LogP contribution >= 0.6 is 0 Å². The second-order valence-electron chi connectivity index (χ2n) is 6.30. The molecular formula is C20H25F2N2O4+.